The molecule has 2 aliphatic rings. The summed E-state index contributed by atoms with van der Waals surface area (Å²) in [5.74, 6) is -2.10. The van der Waals surface area contributed by atoms with Gasteiger partial charge in [-0.3, -0.25) is 9.59 Å². The van der Waals surface area contributed by atoms with E-state index in [9.17, 15) is 18.4 Å². The van der Waals surface area contributed by atoms with Crippen LogP contribution in [0.3, 0.4) is 0 Å². The van der Waals surface area contributed by atoms with Gasteiger partial charge in [0, 0.05) is 48.0 Å². The van der Waals surface area contributed by atoms with Crippen LogP contribution in [0.4, 0.5) is 14.5 Å². The van der Waals surface area contributed by atoms with Gasteiger partial charge in [0.25, 0.3) is 5.91 Å². The highest BCUT2D eigenvalue weighted by Gasteiger charge is 2.50. The second-order valence-corrected chi connectivity index (χ2v) is 8.84. The molecular formula is C23H25ClF2N4O2. The first-order valence-corrected chi connectivity index (χ1v) is 11.0. The second-order valence-electron chi connectivity index (χ2n) is 8.40. The number of carbonyl (C=O) groups is 2. The van der Waals surface area contributed by atoms with Gasteiger partial charge in [-0.25, -0.2) is 8.78 Å². The molecule has 32 heavy (non-hydrogen) atoms. The Hall–Kier alpha value is -2.71. The number of amides is 2. The highest BCUT2D eigenvalue weighted by molar-refractivity contribution is 6.30. The van der Waals surface area contributed by atoms with E-state index in [0.29, 0.717) is 48.7 Å². The number of anilines is 1. The molecule has 1 spiro atoms. The van der Waals surface area contributed by atoms with E-state index in [0.717, 1.165) is 12.1 Å². The van der Waals surface area contributed by atoms with Gasteiger partial charge in [-0.15, -0.1) is 0 Å². The molecule has 4 rings (SSSR count). The lowest BCUT2D eigenvalue weighted by atomic mass is 9.85. The van der Waals surface area contributed by atoms with E-state index in [1.54, 1.807) is 24.3 Å². The van der Waals surface area contributed by atoms with Gasteiger partial charge in [-0.2, -0.15) is 0 Å². The molecule has 0 bridgehead atoms. The van der Waals surface area contributed by atoms with Crippen LogP contribution in [0.1, 0.15) is 30.1 Å². The Labute approximate surface area is 190 Å². The number of likely N-dealkylation sites (tertiary alicyclic amines) is 1. The standard InChI is InChI=1S/C23H25ClF2N4O2/c1-15(28-21(31)16-2-4-17(24)5-3-16)13-29-10-8-23(9-11-29)22(32)27-14-30(23)18-6-7-19(25)20(26)12-18/h2-7,12,15H,8-11,13-14H2,1H3,(H,27,32)(H,28,31)/t15-/m0/s1. The van der Waals surface area contributed by atoms with Gasteiger partial charge in [-0.05, 0) is 56.2 Å². The first-order valence-electron chi connectivity index (χ1n) is 10.6. The van der Waals surface area contributed by atoms with Crippen LogP contribution in [0.2, 0.25) is 5.02 Å². The topological polar surface area (TPSA) is 64.7 Å². The number of halogens is 3. The number of piperidine rings is 1. The van der Waals surface area contributed by atoms with Gasteiger partial charge in [0.05, 0.1) is 6.67 Å². The molecule has 9 heteroatoms. The molecule has 6 nitrogen and oxygen atoms in total. The van der Waals surface area contributed by atoms with Crippen molar-refractivity contribution in [3.8, 4) is 0 Å². The van der Waals surface area contributed by atoms with E-state index >= 15 is 0 Å². The third kappa shape index (κ3) is 4.42. The molecule has 2 N–H and O–H groups in total. The average Bonchev–Trinajstić information content (AvgIpc) is 3.08. The fourth-order valence-electron chi connectivity index (χ4n) is 4.52. The molecule has 0 aliphatic carbocycles. The minimum absolute atomic E-state index is 0.0908. The van der Waals surface area contributed by atoms with Crippen molar-refractivity contribution in [2.24, 2.45) is 0 Å². The number of nitrogens with zero attached hydrogens (tertiary/aromatic N) is 2. The monoisotopic (exact) mass is 462 g/mol. The molecule has 170 valence electrons. The zero-order valence-electron chi connectivity index (χ0n) is 17.7. The summed E-state index contributed by atoms with van der Waals surface area (Å²) in [6, 6.07) is 10.3. The maximum absolute atomic E-state index is 13.8. The molecule has 2 aromatic carbocycles. The van der Waals surface area contributed by atoms with Crippen molar-refractivity contribution in [2.75, 3.05) is 31.2 Å². The minimum Gasteiger partial charge on any atom is -0.348 e. The van der Waals surface area contributed by atoms with Gasteiger partial charge >= 0.3 is 0 Å². The predicted octanol–water partition coefficient (Wildman–Crippen LogP) is 3.17. The highest BCUT2D eigenvalue weighted by atomic mass is 35.5. The van der Waals surface area contributed by atoms with Crippen LogP contribution in [-0.2, 0) is 4.79 Å². The Morgan fingerprint density at radius 3 is 2.50 bits per heavy atom. The van der Waals surface area contributed by atoms with Gasteiger partial charge in [-0.1, -0.05) is 11.6 Å². The van der Waals surface area contributed by atoms with Crippen LogP contribution in [0.5, 0.6) is 0 Å². The quantitative estimate of drug-likeness (QED) is 0.716. The van der Waals surface area contributed by atoms with Crippen molar-refractivity contribution in [1.29, 1.82) is 0 Å². The van der Waals surface area contributed by atoms with Gasteiger partial charge in [0.15, 0.2) is 11.6 Å². The summed E-state index contributed by atoms with van der Waals surface area (Å²) in [7, 11) is 0. The van der Waals surface area contributed by atoms with E-state index in [1.807, 2.05) is 11.8 Å². The van der Waals surface area contributed by atoms with Crippen molar-refractivity contribution >= 4 is 29.1 Å². The van der Waals surface area contributed by atoms with Crippen LogP contribution in [0.25, 0.3) is 0 Å². The lowest BCUT2D eigenvalue weighted by Gasteiger charge is -2.43. The lowest BCUT2D eigenvalue weighted by Crippen LogP contribution is -2.57. The smallest absolute Gasteiger partial charge is 0.251 e. The molecular weight excluding hydrogens is 438 g/mol. The summed E-state index contributed by atoms with van der Waals surface area (Å²) >= 11 is 5.87. The summed E-state index contributed by atoms with van der Waals surface area (Å²) in [5, 5.41) is 6.41. The highest BCUT2D eigenvalue weighted by Crippen LogP contribution is 2.36. The van der Waals surface area contributed by atoms with Crippen LogP contribution < -0.4 is 15.5 Å². The number of nitrogens with one attached hydrogen (secondary N) is 2. The maximum atomic E-state index is 13.8. The number of carbonyl (C=O) groups excluding carboxylic acids is 2. The average molecular weight is 463 g/mol. The Morgan fingerprint density at radius 2 is 1.84 bits per heavy atom. The first-order chi connectivity index (χ1) is 15.3. The van der Waals surface area contributed by atoms with E-state index in [1.165, 1.54) is 6.07 Å². The van der Waals surface area contributed by atoms with Crippen molar-refractivity contribution < 1.29 is 18.4 Å². The largest absolute Gasteiger partial charge is 0.348 e. The van der Waals surface area contributed by atoms with Crippen molar-refractivity contribution in [3.05, 3.63) is 64.7 Å². The fraction of sp³-hybridized carbons (Fsp3) is 0.391. The molecule has 0 aromatic heterocycles. The number of hydrogen-bond acceptors (Lipinski definition) is 4. The number of hydrogen-bond donors (Lipinski definition) is 2. The zero-order chi connectivity index (χ0) is 22.9. The predicted molar refractivity (Wildman–Crippen MR) is 119 cm³/mol. The summed E-state index contributed by atoms with van der Waals surface area (Å²) in [6.45, 7) is 4.14. The summed E-state index contributed by atoms with van der Waals surface area (Å²) < 4.78 is 27.1. The van der Waals surface area contributed by atoms with E-state index in [-0.39, 0.29) is 24.5 Å². The molecule has 0 unspecified atom stereocenters. The molecule has 0 radical (unpaired) electrons. The maximum Gasteiger partial charge on any atom is 0.251 e. The van der Waals surface area contributed by atoms with Gasteiger partial charge in [0.2, 0.25) is 5.91 Å². The normalized spacial score (nSPS) is 19.1. The van der Waals surface area contributed by atoms with Crippen LogP contribution in [0, 0.1) is 11.6 Å². The van der Waals surface area contributed by atoms with Gasteiger partial charge in [0.1, 0.15) is 5.54 Å². The second kappa shape index (κ2) is 9.03. The van der Waals surface area contributed by atoms with Crippen molar-refractivity contribution in [3.63, 3.8) is 0 Å². The Bertz CT molecular complexity index is 1010. The van der Waals surface area contributed by atoms with Crippen LogP contribution in [0.15, 0.2) is 42.5 Å². The third-order valence-electron chi connectivity index (χ3n) is 6.25. The molecule has 0 saturated carbocycles. The Morgan fingerprint density at radius 1 is 1.16 bits per heavy atom. The Kier molecular flexibility index (Phi) is 6.35. The van der Waals surface area contributed by atoms with E-state index < -0.39 is 17.2 Å². The SMILES string of the molecule is C[C@@H](CN1CCC2(CC1)C(=O)NCN2c1ccc(F)c(F)c1)NC(=O)c1ccc(Cl)cc1. The lowest BCUT2D eigenvalue weighted by molar-refractivity contribution is -0.125. The fourth-order valence-corrected chi connectivity index (χ4v) is 4.65. The molecule has 2 aliphatic heterocycles. The van der Waals surface area contributed by atoms with E-state index in [4.69, 9.17) is 11.6 Å². The molecule has 2 amide bonds. The van der Waals surface area contributed by atoms with E-state index in [2.05, 4.69) is 15.5 Å². The van der Waals surface area contributed by atoms with Gasteiger partial charge < -0.3 is 20.4 Å². The van der Waals surface area contributed by atoms with Crippen LogP contribution >= 0.6 is 11.6 Å². The van der Waals surface area contributed by atoms with Crippen LogP contribution in [-0.4, -0.2) is 54.6 Å². The number of benzene rings is 2. The Balaban J connectivity index is 1.37. The minimum atomic E-state index is -0.931. The number of rotatable bonds is 5. The first kappa shape index (κ1) is 22.5. The molecule has 2 aromatic rings. The molecule has 2 saturated heterocycles. The third-order valence-corrected chi connectivity index (χ3v) is 6.50. The molecule has 2 fully saturated rings. The molecule has 2 heterocycles. The molecule has 1 atom stereocenters. The van der Waals surface area contributed by atoms with Crippen molar-refractivity contribution in [2.45, 2.75) is 31.3 Å². The summed E-state index contributed by atoms with van der Waals surface area (Å²) in [4.78, 5) is 29.2. The zero-order valence-corrected chi connectivity index (χ0v) is 18.5. The summed E-state index contributed by atoms with van der Waals surface area (Å²) in [5.41, 5.74) is 0.249. The van der Waals surface area contributed by atoms with Crippen molar-refractivity contribution in [1.82, 2.24) is 15.5 Å². The summed E-state index contributed by atoms with van der Waals surface area (Å²) in [6.07, 6.45) is 1.10.